The standard InChI is InChI=1S/C14H11ClN2O4/c15-8-4-5-11-12(6-8)14(19)16(13(11)18)9-2-1-3-10(7-9)17(20)21/h1-4,7,11-12H,5-6H2. The SMILES string of the molecule is O=C1C2CC=C(Cl)CC2C(=O)N1c1cccc([N+](=O)[O-])c1. The molecule has 0 N–H and O–H groups in total. The number of halogens is 1. The summed E-state index contributed by atoms with van der Waals surface area (Å²) in [5.74, 6) is -1.53. The van der Waals surface area contributed by atoms with Gasteiger partial charge in [0.15, 0.2) is 0 Å². The number of imide groups is 1. The predicted octanol–water partition coefficient (Wildman–Crippen LogP) is 2.62. The van der Waals surface area contributed by atoms with Crippen LogP contribution >= 0.6 is 11.6 Å². The summed E-state index contributed by atoms with van der Waals surface area (Å²) in [6, 6.07) is 5.54. The van der Waals surface area contributed by atoms with Crippen LogP contribution in [0.3, 0.4) is 0 Å². The lowest BCUT2D eigenvalue weighted by molar-refractivity contribution is -0.384. The zero-order valence-corrected chi connectivity index (χ0v) is 11.6. The normalized spacial score (nSPS) is 24.8. The number of nitro groups is 1. The average molecular weight is 307 g/mol. The highest BCUT2D eigenvalue weighted by Gasteiger charge is 2.49. The number of rotatable bonds is 2. The molecule has 6 nitrogen and oxygen atoms in total. The topological polar surface area (TPSA) is 80.5 Å². The fraction of sp³-hybridized carbons (Fsp3) is 0.286. The second-order valence-electron chi connectivity index (χ2n) is 5.09. The van der Waals surface area contributed by atoms with Crippen LogP contribution in [0.2, 0.25) is 0 Å². The van der Waals surface area contributed by atoms with Crippen molar-refractivity contribution in [3.63, 3.8) is 0 Å². The van der Waals surface area contributed by atoms with Gasteiger partial charge in [-0.2, -0.15) is 0 Å². The summed E-state index contributed by atoms with van der Waals surface area (Å²) in [7, 11) is 0. The van der Waals surface area contributed by atoms with Crippen LogP contribution in [0.25, 0.3) is 0 Å². The maximum absolute atomic E-state index is 12.4. The number of nitro benzene ring substituents is 1. The fourth-order valence-corrected chi connectivity index (χ4v) is 3.08. The zero-order chi connectivity index (χ0) is 15.1. The summed E-state index contributed by atoms with van der Waals surface area (Å²) in [4.78, 5) is 36.1. The molecule has 0 radical (unpaired) electrons. The van der Waals surface area contributed by atoms with Crippen LogP contribution in [0.1, 0.15) is 12.8 Å². The van der Waals surface area contributed by atoms with E-state index < -0.39 is 16.8 Å². The van der Waals surface area contributed by atoms with E-state index in [1.807, 2.05) is 0 Å². The molecular formula is C14H11ClN2O4. The number of anilines is 1. The number of hydrogen-bond donors (Lipinski definition) is 0. The molecule has 7 heteroatoms. The van der Waals surface area contributed by atoms with E-state index in [1.165, 1.54) is 24.3 Å². The summed E-state index contributed by atoms with van der Waals surface area (Å²) < 4.78 is 0. The highest BCUT2D eigenvalue weighted by Crippen LogP contribution is 2.41. The minimum absolute atomic E-state index is 0.154. The van der Waals surface area contributed by atoms with Gasteiger partial charge in [0.1, 0.15) is 0 Å². The first kappa shape index (κ1) is 13.8. The Hall–Kier alpha value is -2.21. The van der Waals surface area contributed by atoms with Crippen LogP contribution < -0.4 is 4.90 Å². The average Bonchev–Trinajstić information content (AvgIpc) is 2.70. The number of carbonyl (C=O) groups excluding carboxylic acids is 2. The minimum Gasteiger partial charge on any atom is -0.274 e. The molecule has 21 heavy (non-hydrogen) atoms. The lowest BCUT2D eigenvalue weighted by Gasteiger charge is -2.17. The van der Waals surface area contributed by atoms with E-state index in [0.717, 1.165) is 4.90 Å². The zero-order valence-electron chi connectivity index (χ0n) is 10.9. The minimum atomic E-state index is -0.556. The second-order valence-corrected chi connectivity index (χ2v) is 5.58. The van der Waals surface area contributed by atoms with Gasteiger partial charge in [-0.05, 0) is 18.9 Å². The van der Waals surface area contributed by atoms with Gasteiger partial charge in [-0.1, -0.05) is 23.7 Å². The van der Waals surface area contributed by atoms with Gasteiger partial charge in [0.2, 0.25) is 11.8 Å². The number of nitrogens with zero attached hydrogens (tertiary/aromatic N) is 2. The highest BCUT2D eigenvalue weighted by atomic mass is 35.5. The van der Waals surface area contributed by atoms with Crippen LogP contribution in [-0.4, -0.2) is 16.7 Å². The fourth-order valence-electron chi connectivity index (χ4n) is 2.83. The molecule has 3 rings (SSSR count). The van der Waals surface area contributed by atoms with Gasteiger partial charge in [0.05, 0.1) is 22.4 Å². The summed E-state index contributed by atoms with van der Waals surface area (Å²) in [6.07, 6.45) is 2.53. The Morgan fingerprint density at radius 1 is 1.24 bits per heavy atom. The Bertz CT molecular complexity index is 685. The van der Waals surface area contributed by atoms with Crippen molar-refractivity contribution in [3.8, 4) is 0 Å². The van der Waals surface area contributed by atoms with Gasteiger partial charge in [0, 0.05) is 17.2 Å². The number of allylic oxidation sites excluding steroid dienone is 2. The van der Waals surface area contributed by atoms with Gasteiger partial charge in [-0.25, -0.2) is 4.90 Å². The number of carbonyl (C=O) groups is 2. The molecule has 1 heterocycles. The molecule has 2 atom stereocenters. The van der Waals surface area contributed by atoms with E-state index in [9.17, 15) is 19.7 Å². The summed E-state index contributed by atoms with van der Waals surface area (Å²) >= 11 is 5.95. The van der Waals surface area contributed by atoms with E-state index in [2.05, 4.69) is 0 Å². The lowest BCUT2D eigenvalue weighted by Crippen LogP contribution is -2.30. The third kappa shape index (κ3) is 2.21. The van der Waals surface area contributed by atoms with Crippen LogP contribution in [-0.2, 0) is 9.59 Å². The van der Waals surface area contributed by atoms with E-state index in [1.54, 1.807) is 6.08 Å². The van der Waals surface area contributed by atoms with Crippen LogP contribution in [0, 0.1) is 22.0 Å². The molecule has 0 spiro atoms. The Morgan fingerprint density at radius 3 is 2.67 bits per heavy atom. The quantitative estimate of drug-likeness (QED) is 0.478. The third-order valence-corrected chi connectivity index (χ3v) is 4.18. The van der Waals surface area contributed by atoms with Crippen LogP contribution in [0.4, 0.5) is 11.4 Å². The van der Waals surface area contributed by atoms with Crippen LogP contribution in [0.15, 0.2) is 35.4 Å². The van der Waals surface area contributed by atoms with Gasteiger partial charge in [0.25, 0.3) is 5.69 Å². The van der Waals surface area contributed by atoms with Gasteiger partial charge in [-0.15, -0.1) is 0 Å². The van der Waals surface area contributed by atoms with Gasteiger partial charge >= 0.3 is 0 Å². The van der Waals surface area contributed by atoms with Crippen LogP contribution in [0.5, 0.6) is 0 Å². The predicted molar refractivity (Wildman–Crippen MR) is 75.7 cm³/mol. The number of non-ortho nitro benzene ring substituents is 1. The first-order valence-corrected chi connectivity index (χ1v) is 6.83. The first-order chi connectivity index (χ1) is 9.99. The van der Waals surface area contributed by atoms with Crippen molar-refractivity contribution in [1.82, 2.24) is 0 Å². The van der Waals surface area contributed by atoms with Crippen molar-refractivity contribution in [2.24, 2.45) is 11.8 Å². The maximum atomic E-state index is 12.4. The highest BCUT2D eigenvalue weighted by molar-refractivity contribution is 6.30. The molecule has 108 valence electrons. The maximum Gasteiger partial charge on any atom is 0.271 e. The van der Waals surface area contributed by atoms with Crippen molar-refractivity contribution >= 4 is 34.8 Å². The summed E-state index contributed by atoms with van der Waals surface area (Å²) in [5.41, 5.74) is 0.0869. The molecule has 2 aliphatic rings. The molecule has 0 aromatic heterocycles. The number of fused-ring (bicyclic) bond motifs is 1. The third-order valence-electron chi connectivity index (χ3n) is 3.87. The molecule has 1 aliphatic heterocycles. The molecule has 1 aromatic carbocycles. The van der Waals surface area contributed by atoms with Crippen molar-refractivity contribution in [3.05, 3.63) is 45.5 Å². The molecule has 1 fully saturated rings. The van der Waals surface area contributed by atoms with Gasteiger partial charge < -0.3 is 0 Å². The Morgan fingerprint density at radius 2 is 1.95 bits per heavy atom. The lowest BCUT2D eigenvalue weighted by atomic mass is 9.85. The van der Waals surface area contributed by atoms with E-state index in [4.69, 9.17) is 11.6 Å². The summed E-state index contributed by atoms with van der Waals surface area (Å²) in [6.45, 7) is 0. The molecule has 2 unspecified atom stereocenters. The van der Waals surface area contributed by atoms with E-state index >= 15 is 0 Å². The molecule has 1 aliphatic carbocycles. The molecule has 0 saturated carbocycles. The summed E-state index contributed by atoms with van der Waals surface area (Å²) in [5, 5.41) is 11.4. The van der Waals surface area contributed by atoms with Gasteiger partial charge in [-0.3, -0.25) is 19.7 Å². The van der Waals surface area contributed by atoms with Crippen molar-refractivity contribution < 1.29 is 14.5 Å². The molecular weight excluding hydrogens is 296 g/mol. The molecule has 1 aromatic rings. The number of hydrogen-bond acceptors (Lipinski definition) is 4. The van der Waals surface area contributed by atoms with Crippen molar-refractivity contribution in [2.45, 2.75) is 12.8 Å². The second kappa shape index (κ2) is 4.96. The smallest absolute Gasteiger partial charge is 0.271 e. The molecule has 0 bridgehead atoms. The Balaban J connectivity index is 1.97. The number of amides is 2. The monoisotopic (exact) mass is 306 g/mol. The van der Waals surface area contributed by atoms with E-state index in [0.29, 0.717) is 17.9 Å². The molecule has 2 amide bonds. The Kier molecular flexibility index (Phi) is 3.25. The largest absolute Gasteiger partial charge is 0.274 e. The molecule has 1 saturated heterocycles. The van der Waals surface area contributed by atoms with Crippen molar-refractivity contribution in [2.75, 3.05) is 4.90 Å². The van der Waals surface area contributed by atoms with Crippen molar-refractivity contribution in [1.29, 1.82) is 0 Å². The van der Waals surface area contributed by atoms with E-state index in [-0.39, 0.29) is 23.2 Å². The first-order valence-electron chi connectivity index (χ1n) is 6.46. The Labute approximate surface area is 125 Å². The number of benzene rings is 1.